The van der Waals surface area contributed by atoms with Gasteiger partial charge in [-0.1, -0.05) is 29.8 Å². The Morgan fingerprint density at radius 2 is 1.92 bits per heavy atom. The standard InChI is InChI=1S/C19H16BrNO4S/c1-11-3-5-12(6-4-11)10-21-18(23)16(26-19(21)24)9-13-7-14(20)17(22)15(8-13)25-2/h3-9,22H,10H2,1-2H3. The molecule has 134 valence electrons. The van der Waals surface area contributed by atoms with E-state index in [1.165, 1.54) is 12.0 Å². The second kappa shape index (κ2) is 7.55. The molecule has 0 spiro atoms. The zero-order valence-corrected chi connectivity index (χ0v) is 16.6. The number of imide groups is 1. The molecule has 3 rings (SSSR count). The highest BCUT2D eigenvalue weighted by Gasteiger charge is 2.35. The van der Waals surface area contributed by atoms with E-state index in [4.69, 9.17) is 4.74 Å². The van der Waals surface area contributed by atoms with E-state index in [-0.39, 0.29) is 29.2 Å². The molecule has 0 radical (unpaired) electrons. The highest BCUT2D eigenvalue weighted by Crippen LogP contribution is 2.38. The Kier molecular flexibility index (Phi) is 5.38. The zero-order valence-electron chi connectivity index (χ0n) is 14.2. The van der Waals surface area contributed by atoms with Crippen molar-refractivity contribution in [3.63, 3.8) is 0 Å². The highest BCUT2D eigenvalue weighted by atomic mass is 79.9. The Morgan fingerprint density at radius 1 is 1.23 bits per heavy atom. The van der Waals surface area contributed by atoms with Crippen molar-refractivity contribution in [3.05, 3.63) is 62.5 Å². The van der Waals surface area contributed by atoms with Gasteiger partial charge in [0.2, 0.25) is 0 Å². The largest absolute Gasteiger partial charge is 0.503 e. The minimum Gasteiger partial charge on any atom is -0.503 e. The van der Waals surface area contributed by atoms with Crippen LogP contribution in [-0.4, -0.2) is 28.3 Å². The molecule has 0 aliphatic carbocycles. The van der Waals surface area contributed by atoms with E-state index in [0.717, 1.165) is 22.9 Å². The summed E-state index contributed by atoms with van der Waals surface area (Å²) in [5.41, 5.74) is 2.66. The normalized spacial score (nSPS) is 15.8. The summed E-state index contributed by atoms with van der Waals surface area (Å²) in [6.07, 6.45) is 1.62. The molecule has 1 heterocycles. The SMILES string of the molecule is COc1cc(C=C2SC(=O)N(Cc3ccc(C)cc3)C2=O)cc(Br)c1O. The second-order valence-corrected chi connectivity index (χ2v) is 7.65. The molecule has 1 saturated heterocycles. The number of hydrogen-bond acceptors (Lipinski definition) is 5. The minimum atomic E-state index is -0.330. The van der Waals surface area contributed by atoms with Crippen LogP contribution in [0.2, 0.25) is 0 Å². The number of ether oxygens (including phenoxy) is 1. The first kappa shape index (κ1) is 18.5. The van der Waals surface area contributed by atoms with E-state index in [2.05, 4.69) is 15.9 Å². The number of carbonyl (C=O) groups is 2. The second-order valence-electron chi connectivity index (χ2n) is 5.81. The number of benzene rings is 2. The first-order valence-electron chi connectivity index (χ1n) is 7.76. The number of carbonyl (C=O) groups excluding carboxylic acids is 2. The number of phenols is 1. The summed E-state index contributed by atoms with van der Waals surface area (Å²) in [5, 5.41) is 9.58. The summed E-state index contributed by atoms with van der Waals surface area (Å²) in [7, 11) is 1.45. The molecule has 7 heteroatoms. The summed E-state index contributed by atoms with van der Waals surface area (Å²) in [5.74, 6) is -0.0645. The van der Waals surface area contributed by atoms with Gasteiger partial charge in [0.05, 0.1) is 23.0 Å². The molecular formula is C19H16BrNO4S. The number of phenolic OH excluding ortho intramolecular Hbond substituents is 1. The Bertz CT molecular complexity index is 909. The Hall–Kier alpha value is -2.25. The number of aromatic hydroxyl groups is 1. The van der Waals surface area contributed by atoms with Crippen molar-refractivity contribution in [2.24, 2.45) is 0 Å². The van der Waals surface area contributed by atoms with Crippen LogP contribution in [-0.2, 0) is 11.3 Å². The van der Waals surface area contributed by atoms with Crippen molar-refractivity contribution in [3.8, 4) is 11.5 Å². The van der Waals surface area contributed by atoms with Crippen LogP contribution in [0, 0.1) is 6.92 Å². The van der Waals surface area contributed by atoms with E-state index in [1.807, 2.05) is 31.2 Å². The van der Waals surface area contributed by atoms with Gasteiger partial charge in [-0.3, -0.25) is 14.5 Å². The molecule has 0 atom stereocenters. The minimum absolute atomic E-state index is 0.0166. The third-order valence-electron chi connectivity index (χ3n) is 3.90. The van der Waals surface area contributed by atoms with Gasteiger partial charge in [0, 0.05) is 0 Å². The van der Waals surface area contributed by atoms with E-state index in [1.54, 1.807) is 18.2 Å². The number of halogens is 1. The van der Waals surface area contributed by atoms with E-state index in [0.29, 0.717) is 14.9 Å². The lowest BCUT2D eigenvalue weighted by molar-refractivity contribution is -0.123. The van der Waals surface area contributed by atoms with Gasteiger partial charge < -0.3 is 9.84 Å². The van der Waals surface area contributed by atoms with Crippen molar-refractivity contribution >= 4 is 44.9 Å². The predicted octanol–water partition coefficient (Wildman–Crippen LogP) is 4.71. The zero-order chi connectivity index (χ0) is 18.8. The van der Waals surface area contributed by atoms with Crippen molar-refractivity contribution in [2.75, 3.05) is 7.11 Å². The molecule has 0 aromatic heterocycles. The van der Waals surface area contributed by atoms with Gasteiger partial charge in [0.15, 0.2) is 11.5 Å². The van der Waals surface area contributed by atoms with Crippen LogP contribution >= 0.6 is 27.7 Å². The molecule has 0 unspecified atom stereocenters. The molecule has 2 aromatic carbocycles. The topological polar surface area (TPSA) is 66.8 Å². The molecule has 2 aromatic rings. The Morgan fingerprint density at radius 3 is 2.58 bits per heavy atom. The molecule has 1 aliphatic heterocycles. The third-order valence-corrected chi connectivity index (χ3v) is 5.42. The first-order valence-corrected chi connectivity index (χ1v) is 9.37. The number of methoxy groups -OCH3 is 1. The molecule has 0 bridgehead atoms. The van der Waals surface area contributed by atoms with Crippen molar-refractivity contribution in [1.82, 2.24) is 4.90 Å². The van der Waals surface area contributed by atoms with Crippen LogP contribution in [0.1, 0.15) is 16.7 Å². The fourth-order valence-electron chi connectivity index (χ4n) is 2.50. The quantitative estimate of drug-likeness (QED) is 0.707. The molecular weight excluding hydrogens is 418 g/mol. The van der Waals surface area contributed by atoms with Gasteiger partial charge >= 0.3 is 0 Å². The summed E-state index contributed by atoms with van der Waals surface area (Å²) < 4.78 is 5.56. The van der Waals surface area contributed by atoms with Crippen LogP contribution < -0.4 is 4.74 Å². The van der Waals surface area contributed by atoms with Gasteiger partial charge in [0.25, 0.3) is 11.1 Å². The first-order chi connectivity index (χ1) is 12.4. The lowest BCUT2D eigenvalue weighted by atomic mass is 10.1. The lowest BCUT2D eigenvalue weighted by Gasteiger charge is -2.12. The van der Waals surface area contributed by atoms with Gasteiger partial charge in [-0.25, -0.2) is 0 Å². The molecule has 5 nitrogen and oxygen atoms in total. The maximum Gasteiger partial charge on any atom is 0.293 e. The lowest BCUT2D eigenvalue weighted by Crippen LogP contribution is -2.27. The summed E-state index contributed by atoms with van der Waals surface area (Å²) in [6.45, 7) is 2.22. The van der Waals surface area contributed by atoms with Crippen molar-refractivity contribution < 1.29 is 19.4 Å². The fraction of sp³-hybridized carbons (Fsp3) is 0.158. The predicted molar refractivity (Wildman–Crippen MR) is 105 cm³/mol. The molecule has 0 saturated carbocycles. The van der Waals surface area contributed by atoms with E-state index >= 15 is 0 Å². The van der Waals surface area contributed by atoms with E-state index < -0.39 is 0 Å². The highest BCUT2D eigenvalue weighted by molar-refractivity contribution is 9.10. The molecule has 1 N–H and O–H groups in total. The number of thioether (sulfide) groups is 1. The average Bonchev–Trinajstić information content (AvgIpc) is 2.87. The summed E-state index contributed by atoms with van der Waals surface area (Å²) in [4.78, 5) is 26.4. The molecule has 2 amide bonds. The number of aryl methyl sites for hydroxylation is 1. The summed E-state index contributed by atoms with van der Waals surface area (Å²) in [6, 6.07) is 11.0. The average molecular weight is 434 g/mol. The van der Waals surface area contributed by atoms with Crippen molar-refractivity contribution in [1.29, 1.82) is 0 Å². The summed E-state index contributed by atoms with van der Waals surface area (Å²) >= 11 is 4.15. The fourth-order valence-corrected chi connectivity index (χ4v) is 3.79. The maximum atomic E-state index is 12.6. The Labute approximate surface area is 163 Å². The van der Waals surface area contributed by atoms with Gasteiger partial charge in [-0.15, -0.1) is 0 Å². The van der Waals surface area contributed by atoms with Crippen LogP contribution in [0.4, 0.5) is 4.79 Å². The van der Waals surface area contributed by atoms with Gasteiger partial charge in [0.1, 0.15) is 0 Å². The number of amides is 2. The van der Waals surface area contributed by atoms with Crippen molar-refractivity contribution in [2.45, 2.75) is 13.5 Å². The number of hydrogen-bond donors (Lipinski definition) is 1. The maximum absolute atomic E-state index is 12.6. The van der Waals surface area contributed by atoms with Crippen LogP contribution in [0.25, 0.3) is 6.08 Å². The van der Waals surface area contributed by atoms with Gasteiger partial charge in [-0.05, 0) is 64.0 Å². The molecule has 1 fully saturated rings. The van der Waals surface area contributed by atoms with Crippen LogP contribution in [0.15, 0.2) is 45.8 Å². The van der Waals surface area contributed by atoms with Gasteiger partial charge in [-0.2, -0.15) is 0 Å². The Balaban J connectivity index is 1.85. The van der Waals surface area contributed by atoms with E-state index in [9.17, 15) is 14.7 Å². The molecule has 26 heavy (non-hydrogen) atoms. The molecule has 1 aliphatic rings. The van der Waals surface area contributed by atoms with Crippen LogP contribution in [0.3, 0.4) is 0 Å². The monoisotopic (exact) mass is 433 g/mol. The smallest absolute Gasteiger partial charge is 0.293 e. The van der Waals surface area contributed by atoms with Crippen LogP contribution in [0.5, 0.6) is 11.5 Å². The third kappa shape index (κ3) is 3.78. The number of rotatable bonds is 4. The number of nitrogens with zero attached hydrogens (tertiary/aromatic N) is 1.